The molecular formula is C11H13ClFNO. The van der Waals surface area contributed by atoms with Gasteiger partial charge in [-0.2, -0.15) is 0 Å². The fourth-order valence-corrected chi connectivity index (χ4v) is 1.22. The van der Waals surface area contributed by atoms with Crippen LogP contribution in [0.5, 0.6) is 0 Å². The molecule has 2 nitrogen and oxygen atoms in total. The Bertz CT molecular complexity index is 368. The number of alkyl halides is 1. The summed E-state index contributed by atoms with van der Waals surface area (Å²) < 4.78 is 13.4. The van der Waals surface area contributed by atoms with Crippen molar-refractivity contribution in [1.29, 1.82) is 0 Å². The topological polar surface area (TPSA) is 29.1 Å². The van der Waals surface area contributed by atoms with Gasteiger partial charge in [0.2, 0.25) is 0 Å². The summed E-state index contributed by atoms with van der Waals surface area (Å²) in [7, 11) is 0. The molecular weight excluding hydrogens is 217 g/mol. The Balaban J connectivity index is 2.82. The van der Waals surface area contributed by atoms with Crippen molar-refractivity contribution < 1.29 is 9.18 Å². The molecule has 0 heterocycles. The van der Waals surface area contributed by atoms with Crippen LogP contribution in [0.1, 0.15) is 22.8 Å². The molecule has 0 aliphatic rings. The van der Waals surface area contributed by atoms with Gasteiger partial charge in [-0.3, -0.25) is 4.79 Å². The van der Waals surface area contributed by atoms with E-state index in [1.165, 1.54) is 12.1 Å². The highest BCUT2D eigenvalue weighted by Gasteiger charge is 2.13. The zero-order chi connectivity index (χ0) is 11.4. The molecule has 82 valence electrons. The number of benzene rings is 1. The Morgan fingerprint density at radius 1 is 1.60 bits per heavy atom. The van der Waals surface area contributed by atoms with Crippen molar-refractivity contribution in [3.05, 3.63) is 35.1 Å². The van der Waals surface area contributed by atoms with Gasteiger partial charge in [-0.1, -0.05) is 6.07 Å². The molecule has 1 aromatic rings. The van der Waals surface area contributed by atoms with Gasteiger partial charge >= 0.3 is 0 Å². The van der Waals surface area contributed by atoms with Crippen LogP contribution in [0.15, 0.2) is 18.2 Å². The molecule has 0 radical (unpaired) electrons. The fourth-order valence-electron chi connectivity index (χ4n) is 1.14. The molecule has 0 fully saturated rings. The first-order valence-electron chi connectivity index (χ1n) is 4.67. The van der Waals surface area contributed by atoms with Gasteiger partial charge in [0, 0.05) is 11.9 Å². The second-order valence-corrected chi connectivity index (χ2v) is 3.82. The van der Waals surface area contributed by atoms with E-state index in [9.17, 15) is 9.18 Å². The van der Waals surface area contributed by atoms with Crippen molar-refractivity contribution in [3.8, 4) is 0 Å². The molecule has 4 heteroatoms. The zero-order valence-electron chi connectivity index (χ0n) is 8.68. The minimum absolute atomic E-state index is 0.0533. The van der Waals surface area contributed by atoms with Gasteiger partial charge in [0.05, 0.1) is 5.56 Å². The lowest BCUT2D eigenvalue weighted by atomic mass is 10.1. The van der Waals surface area contributed by atoms with Crippen LogP contribution in [0.4, 0.5) is 4.39 Å². The molecule has 1 atom stereocenters. The molecule has 0 spiro atoms. The van der Waals surface area contributed by atoms with E-state index in [1.807, 2.05) is 0 Å². The molecule has 0 bridgehead atoms. The Morgan fingerprint density at radius 2 is 2.27 bits per heavy atom. The number of halogens is 2. The predicted molar refractivity (Wildman–Crippen MR) is 58.8 cm³/mol. The lowest BCUT2D eigenvalue weighted by molar-refractivity contribution is 0.0939. The number of amides is 1. The summed E-state index contributed by atoms with van der Waals surface area (Å²) in [5, 5.41) is 2.60. The molecule has 0 saturated carbocycles. The zero-order valence-corrected chi connectivity index (χ0v) is 9.44. The Hall–Kier alpha value is -1.09. The molecule has 1 aromatic carbocycles. The van der Waals surface area contributed by atoms with Crippen molar-refractivity contribution in [2.45, 2.75) is 19.9 Å². The van der Waals surface area contributed by atoms with E-state index in [0.29, 0.717) is 5.88 Å². The van der Waals surface area contributed by atoms with Crippen LogP contribution in [0, 0.1) is 12.7 Å². The van der Waals surface area contributed by atoms with E-state index in [-0.39, 0.29) is 11.6 Å². The Kier molecular flexibility index (Phi) is 4.09. The van der Waals surface area contributed by atoms with Gasteiger partial charge in [-0.05, 0) is 31.5 Å². The maximum Gasteiger partial charge on any atom is 0.254 e. The summed E-state index contributed by atoms with van der Waals surface area (Å²) >= 11 is 5.54. The molecule has 1 unspecified atom stereocenters. The van der Waals surface area contributed by atoms with Gasteiger partial charge in [-0.15, -0.1) is 11.6 Å². The van der Waals surface area contributed by atoms with Gasteiger partial charge in [0.25, 0.3) is 5.91 Å². The smallest absolute Gasteiger partial charge is 0.254 e. The summed E-state index contributed by atoms with van der Waals surface area (Å²) in [5.74, 6) is -0.630. The summed E-state index contributed by atoms with van der Waals surface area (Å²) in [6.45, 7) is 3.53. The van der Waals surface area contributed by atoms with Gasteiger partial charge in [-0.25, -0.2) is 4.39 Å². The number of carbonyl (C=O) groups excluding carboxylic acids is 1. The standard InChI is InChI=1S/C11H13ClFNO/c1-7-3-4-9(10(13)5-7)11(15)14-8(2)6-12/h3-5,8H,6H2,1-2H3,(H,14,15). The second kappa shape index (κ2) is 5.12. The number of nitrogens with one attached hydrogen (secondary N) is 1. The third-order valence-corrected chi connectivity index (χ3v) is 2.44. The van der Waals surface area contributed by atoms with Crippen molar-refractivity contribution in [1.82, 2.24) is 5.32 Å². The van der Waals surface area contributed by atoms with Crippen LogP contribution >= 0.6 is 11.6 Å². The molecule has 1 rings (SSSR count). The largest absolute Gasteiger partial charge is 0.348 e. The SMILES string of the molecule is Cc1ccc(C(=O)NC(C)CCl)c(F)c1. The summed E-state index contributed by atoms with van der Waals surface area (Å²) in [6.07, 6.45) is 0. The highest BCUT2D eigenvalue weighted by Crippen LogP contribution is 2.09. The van der Waals surface area contributed by atoms with Crippen LogP contribution in [0.2, 0.25) is 0 Å². The number of carbonyl (C=O) groups is 1. The highest BCUT2D eigenvalue weighted by molar-refractivity contribution is 6.18. The monoisotopic (exact) mass is 229 g/mol. The summed E-state index contributed by atoms with van der Waals surface area (Å²) in [6, 6.07) is 4.34. The normalized spacial score (nSPS) is 12.3. The third-order valence-electron chi connectivity index (χ3n) is 1.98. The van der Waals surface area contributed by atoms with E-state index in [1.54, 1.807) is 19.9 Å². The van der Waals surface area contributed by atoms with Crippen LogP contribution in [0.3, 0.4) is 0 Å². The van der Waals surface area contributed by atoms with E-state index >= 15 is 0 Å². The van der Waals surface area contributed by atoms with Crippen molar-refractivity contribution in [2.24, 2.45) is 0 Å². The van der Waals surface area contributed by atoms with Crippen molar-refractivity contribution in [2.75, 3.05) is 5.88 Å². The summed E-state index contributed by atoms with van der Waals surface area (Å²) in [4.78, 5) is 11.5. The lowest BCUT2D eigenvalue weighted by Gasteiger charge is -2.11. The first kappa shape index (κ1) is 12.0. The molecule has 0 aliphatic heterocycles. The van der Waals surface area contributed by atoms with Crippen molar-refractivity contribution in [3.63, 3.8) is 0 Å². The average Bonchev–Trinajstić information content (AvgIpc) is 2.17. The Labute approximate surface area is 93.4 Å². The predicted octanol–water partition coefficient (Wildman–Crippen LogP) is 2.49. The number of hydrogen-bond donors (Lipinski definition) is 1. The first-order valence-corrected chi connectivity index (χ1v) is 5.21. The molecule has 15 heavy (non-hydrogen) atoms. The second-order valence-electron chi connectivity index (χ2n) is 3.51. The van der Waals surface area contributed by atoms with Gasteiger partial charge < -0.3 is 5.32 Å². The van der Waals surface area contributed by atoms with E-state index in [0.717, 1.165) is 5.56 Å². The third kappa shape index (κ3) is 3.20. The molecule has 0 aliphatic carbocycles. The molecule has 1 N–H and O–H groups in total. The number of hydrogen-bond acceptors (Lipinski definition) is 1. The van der Waals surface area contributed by atoms with Crippen LogP contribution in [-0.4, -0.2) is 17.8 Å². The quantitative estimate of drug-likeness (QED) is 0.793. The fraction of sp³-hybridized carbons (Fsp3) is 0.364. The highest BCUT2D eigenvalue weighted by atomic mass is 35.5. The van der Waals surface area contributed by atoms with Crippen molar-refractivity contribution >= 4 is 17.5 Å². The van der Waals surface area contributed by atoms with E-state index in [4.69, 9.17) is 11.6 Å². The van der Waals surface area contributed by atoms with E-state index < -0.39 is 11.7 Å². The van der Waals surface area contributed by atoms with E-state index in [2.05, 4.69) is 5.32 Å². The minimum Gasteiger partial charge on any atom is -0.348 e. The summed E-state index contributed by atoms with van der Waals surface area (Å²) in [5.41, 5.74) is 0.840. The van der Waals surface area contributed by atoms with Gasteiger partial charge in [0.1, 0.15) is 5.82 Å². The van der Waals surface area contributed by atoms with Crippen LogP contribution in [0.25, 0.3) is 0 Å². The van der Waals surface area contributed by atoms with Gasteiger partial charge in [0.15, 0.2) is 0 Å². The molecule has 1 amide bonds. The first-order chi connectivity index (χ1) is 7.04. The van der Waals surface area contributed by atoms with Crippen LogP contribution < -0.4 is 5.32 Å². The maximum absolute atomic E-state index is 13.4. The minimum atomic E-state index is -0.505. The molecule has 0 aromatic heterocycles. The maximum atomic E-state index is 13.4. The van der Waals surface area contributed by atoms with Crippen LogP contribution in [-0.2, 0) is 0 Å². The Morgan fingerprint density at radius 3 is 2.80 bits per heavy atom. The number of rotatable bonds is 3. The average molecular weight is 230 g/mol. The lowest BCUT2D eigenvalue weighted by Crippen LogP contribution is -2.34. The number of aryl methyl sites for hydroxylation is 1. The molecule has 0 saturated heterocycles.